The molecule has 3 saturated heterocycles. The Morgan fingerprint density at radius 2 is 0.833 bits per heavy atom. The van der Waals surface area contributed by atoms with Gasteiger partial charge in [-0.05, 0) is 38.5 Å². The van der Waals surface area contributed by atoms with E-state index in [4.69, 9.17) is 28.4 Å². The molecule has 3 fully saturated rings. The summed E-state index contributed by atoms with van der Waals surface area (Å²) in [6.45, 7) is 8.50. The van der Waals surface area contributed by atoms with Crippen molar-refractivity contribution in [1.29, 1.82) is 0 Å². The first-order chi connectivity index (χ1) is 14.4. The molecule has 1 aromatic carbocycles. The molecule has 0 unspecified atom stereocenters. The third kappa shape index (κ3) is 2.20. The van der Waals surface area contributed by atoms with Crippen LogP contribution in [0.1, 0.15) is 56.7 Å². The Morgan fingerprint density at radius 3 is 1.13 bits per heavy atom. The molecular weight excluding hydrogens is 384 g/mol. The number of hydrogen-bond donors (Lipinski definition) is 0. The van der Waals surface area contributed by atoms with Crippen molar-refractivity contribution in [3.8, 4) is 17.2 Å². The summed E-state index contributed by atoms with van der Waals surface area (Å²) in [6.07, 6.45) is 5.80. The van der Waals surface area contributed by atoms with E-state index in [0.717, 1.165) is 75.6 Å². The molecule has 0 saturated carbocycles. The van der Waals surface area contributed by atoms with Gasteiger partial charge in [0.15, 0.2) is 0 Å². The van der Waals surface area contributed by atoms with Gasteiger partial charge in [0.2, 0.25) is 17.4 Å². The summed E-state index contributed by atoms with van der Waals surface area (Å²) in [6, 6.07) is 0. The summed E-state index contributed by atoms with van der Waals surface area (Å²) < 4.78 is 38.2. The fraction of sp³-hybridized carbons (Fsp3) is 0.750. The van der Waals surface area contributed by atoms with Gasteiger partial charge in [0.25, 0.3) is 0 Å². The third-order valence-electron chi connectivity index (χ3n) is 8.70. The van der Waals surface area contributed by atoms with Crippen LogP contribution in [0.5, 0.6) is 17.2 Å². The fourth-order valence-corrected chi connectivity index (χ4v) is 6.68. The van der Waals surface area contributed by atoms with Crippen LogP contribution in [0.3, 0.4) is 0 Å². The molecular formula is C24H30O6. The molecule has 7 rings (SSSR count). The monoisotopic (exact) mass is 414 g/mol. The largest absolute Gasteiger partial charge is 0.461 e. The number of hydrogen-bond acceptors (Lipinski definition) is 6. The van der Waals surface area contributed by atoms with E-state index in [9.17, 15) is 0 Å². The predicted octanol–water partition coefficient (Wildman–Crippen LogP) is 3.75. The molecule has 0 spiro atoms. The average molecular weight is 414 g/mol. The minimum Gasteiger partial charge on any atom is -0.461 e. The molecule has 6 heteroatoms. The van der Waals surface area contributed by atoms with Crippen LogP contribution >= 0.6 is 0 Å². The highest BCUT2D eigenvalue weighted by Gasteiger charge is 2.55. The molecule has 1 aromatic rings. The quantitative estimate of drug-likeness (QED) is 0.645. The first-order valence-corrected chi connectivity index (χ1v) is 11.6. The molecule has 6 aliphatic rings. The Hall–Kier alpha value is -1.50. The van der Waals surface area contributed by atoms with Crippen molar-refractivity contribution in [3.05, 3.63) is 16.7 Å². The molecule has 6 nitrogen and oxygen atoms in total. The molecule has 6 aliphatic heterocycles. The van der Waals surface area contributed by atoms with E-state index in [-0.39, 0.29) is 0 Å². The van der Waals surface area contributed by atoms with Gasteiger partial charge in [-0.15, -0.1) is 0 Å². The highest BCUT2D eigenvalue weighted by atomic mass is 16.7. The van der Waals surface area contributed by atoms with E-state index in [2.05, 4.69) is 20.8 Å². The summed E-state index contributed by atoms with van der Waals surface area (Å²) in [7, 11) is 0. The van der Waals surface area contributed by atoms with Gasteiger partial charge in [0.05, 0.1) is 19.8 Å². The summed E-state index contributed by atoms with van der Waals surface area (Å²) in [5, 5.41) is 0. The van der Waals surface area contributed by atoms with Gasteiger partial charge >= 0.3 is 0 Å². The second kappa shape index (κ2) is 5.64. The van der Waals surface area contributed by atoms with Crippen molar-refractivity contribution in [2.75, 3.05) is 19.8 Å². The molecule has 0 aliphatic carbocycles. The van der Waals surface area contributed by atoms with E-state index in [1.165, 1.54) is 16.7 Å². The van der Waals surface area contributed by atoms with Gasteiger partial charge < -0.3 is 28.4 Å². The van der Waals surface area contributed by atoms with Crippen molar-refractivity contribution in [2.45, 2.75) is 76.7 Å². The van der Waals surface area contributed by atoms with Crippen molar-refractivity contribution >= 4 is 0 Å². The van der Waals surface area contributed by atoms with Crippen LogP contribution in [-0.4, -0.2) is 37.2 Å². The van der Waals surface area contributed by atoms with Crippen molar-refractivity contribution < 1.29 is 28.4 Å². The molecule has 0 radical (unpaired) electrons. The normalized spacial score (nSPS) is 45.1. The van der Waals surface area contributed by atoms with Crippen molar-refractivity contribution in [2.24, 2.45) is 17.8 Å². The van der Waals surface area contributed by atoms with Gasteiger partial charge in [0, 0.05) is 55.2 Å². The van der Waals surface area contributed by atoms with Crippen molar-refractivity contribution in [1.82, 2.24) is 0 Å². The highest BCUT2D eigenvalue weighted by molar-refractivity contribution is 5.66. The van der Waals surface area contributed by atoms with E-state index >= 15 is 0 Å². The van der Waals surface area contributed by atoms with Gasteiger partial charge in [-0.1, -0.05) is 0 Å². The predicted molar refractivity (Wildman–Crippen MR) is 107 cm³/mol. The number of ether oxygens (including phenoxy) is 6. The molecule has 6 atom stereocenters. The average Bonchev–Trinajstić information content (AvgIpc) is 3.38. The maximum atomic E-state index is 6.67. The lowest BCUT2D eigenvalue weighted by Gasteiger charge is -2.46. The Balaban J connectivity index is 1.44. The summed E-state index contributed by atoms with van der Waals surface area (Å²) in [4.78, 5) is 0. The zero-order valence-corrected chi connectivity index (χ0v) is 18.0. The first-order valence-electron chi connectivity index (χ1n) is 11.6. The Kier molecular flexibility index (Phi) is 3.41. The molecule has 30 heavy (non-hydrogen) atoms. The van der Waals surface area contributed by atoms with Gasteiger partial charge in [-0.2, -0.15) is 0 Å². The molecule has 0 N–H and O–H groups in total. The Morgan fingerprint density at radius 1 is 0.533 bits per heavy atom. The van der Waals surface area contributed by atoms with Gasteiger partial charge in [-0.3, -0.25) is 0 Å². The zero-order chi connectivity index (χ0) is 20.3. The lowest BCUT2D eigenvalue weighted by atomic mass is 9.78. The van der Waals surface area contributed by atoms with Crippen LogP contribution in [0.15, 0.2) is 0 Å². The molecule has 6 heterocycles. The molecule has 0 bridgehead atoms. The van der Waals surface area contributed by atoms with Crippen LogP contribution in [0.4, 0.5) is 0 Å². The maximum absolute atomic E-state index is 6.67. The topological polar surface area (TPSA) is 55.4 Å². The lowest BCUT2D eigenvalue weighted by molar-refractivity contribution is -0.181. The van der Waals surface area contributed by atoms with Crippen LogP contribution in [-0.2, 0) is 33.5 Å². The summed E-state index contributed by atoms with van der Waals surface area (Å²) in [5.41, 5.74) is 3.58. The van der Waals surface area contributed by atoms with Gasteiger partial charge in [0.1, 0.15) is 17.2 Å². The number of fused-ring (bicyclic) bond motifs is 9. The standard InChI is InChI=1S/C24H30O6/c1-22-13(4-7-25-22)10-16-19(28-22)17-11-14-5-8-26-23(14,2)30-21(17)18-12-15-6-9-27-24(15,3)29-20(16)18/h13-15H,4-12H2,1-3H3/t13-,14-,15-,22+,23+,24+/m1/s1. The summed E-state index contributed by atoms with van der Waals surface area (Å²) in [5.74, 6) is 2.13. The second-order valence-electron chi connectivity index (χ2n) is 10.4. The van der Waals surface area contributed by atoms with Crippen LogP contribution < -0.4 is 14.2 Å². The second-order valence-corrected chi connectivity index (χ2v) is 10.4. The first kappa shape index (κ1) is 18.1. The SMILES string of the molecule is C[C@@]12OCC[C@@H]1Cc1c(c3c(c4c1O[C@]1(C)OCC[C@@H]1C4)O[C@]1(C)OCC[C@@H]1C3)O2. The minimum absolute atomic E-state index is 0.343. The highest BCUT2D eigenvalue weighted by Crippen LogP contribution is 2.59. The Labute approximate surface area is 177 Å². The molecule has 0 amide bonds. The minimum atomic E-state index is -0.563. The van der Waals surface area contributed by atoms with Crippen LogP contribution in [0.2, 0.25) is 0 Å². The van der Waals surface area contributed by atoms with E-state index in [1.807, 2.05) is 0 Å². The fourth-order valence-electron chi connectivity index (χ4n) is 6.68. The third-order valence-corrected chi connectivity index (χ3v) is 8.70. The van der Waals surface area contributed by atoms with E-state index in [0.29, 0.717) is 17.8 Å². The molecule has 0 aromatic heterocycles. The van der Waals surface area contributed by atoms with E-state index < -0.39 is 17.4 Å². The molecule has 162 valence electrons. The zero-order valence-electron chi connectivity index (χ0n) is 18.0. The Bertz CT molecular complexity index is 804. The van der Waals surface area contributed by atoms with Crippen molar-refractivity contribution in [3.63, 3.8) is 0 Å². The van der Waals surface area contributed by atoms with Gasteiger partial charge in [-0.25, -0.2) is 0 Å². The van der Waals surface area contributed by atoms with E-state index in [1.54, 1.807) is 0 Å². The smallest absolute Gasteiger partial charge is 0.210 e. The maximum Gasteiger partial charge on any atom is 0.210 e. The van der Waals surface area contributed by atoms with Crippen LogP contribution in [0.25, 0.3) is 0 Å². The number of benzene rings is 1. The lowest BCUT2D eigenvalue weighted by Crippen LogP contribution is -2.48. The summed E-state index contributed by atoms with van der Waals surface area (Å²) >= 11 is 0. The van der Waals surface area contributed by atoms with Crippen LogP contribution in [0, 0.1) is 17.8 Å². The number of rotatable bonds is 0.